The molecule has 1 unspecified atom stereocenters. The second-order valence-electron chi connectivity index (χ2n) is 6.30. The Bertz CT molecular complexity index is 909. The van der Waals surface area contributed by atoms with Gasteiger partial charge in [-0.3, -0.25) is 0 Å². The van der Waals surface area contributed by atoms with Crippen molar-refractivity contribution < 1.29 is 0 Å². The number of rotatable bonds is 0. The summed E-state index contributed by atoms with van der Waals surface area (Å²) in [5.41, 5.74) is 8.96. The molecule has 22 heavy (non-hydrogen) atoms. The van der Waals surface area contributed by atoms with Gasteiger partial charge >= 0.3 is 0 Å². The molecular weight excluding hydrogens is 379 g/mol. The third-order valence-corrected chi connectivity index (χ3v) is 6.04. The molecule has 5 rings (SSSR count). The van der Waals surface area contributed by atoms with Crippen molar-refractivity contribution in [3.05, 3.63) is 92.6 Å². The van der Waals surface area contributed by atoms with Gasteiger partial charge in [0.25, 0.3) is 0 Å². The van der Waals surface area contributed by atoms with Crippen LogP contribution < -0.4 is 0 Å². The SMILES string of the molecule is Ic1ccc2c(c1)C1(CCc3ccccc31)c1ccccc1-2. The fraction of sp³-hybridized carbons (Fsp3) is 0.143. The maximum Gasteiger partial charge on any atom is 0.0469 e. The Hall–Kier alpha value is -1.61. The molecule has 1 heteroatoms. The van der Waals surface area contributed by atoms with Gasteiger partial charge in [-0.25, -0.2) is 0 Å². The van der Waals surface area contributed by atoms with Crippen LogP contribution >= 0.6 is 22.6 Å². The molecule has 0 saturated carbocycles. The van der Waals surface area contributed by atoms with E-state index in [1.807, 2.05) is 0 Å². The largest absolute Gasteiger partial charge is 0.0620 e. The number of hydrogen-bond acceptors (Lipinski definition) is 0. The minimum absolute atomic E-state index is 0.0731. The van der Waals surface area contributed by atoms with Crippen LogP contribution in [0.4, 0.5) is 0 Å². The van der Waals surface area contributed by atoms with Gasteiger partial charge in [0.1, 0.15) is 0 Å². The third-order valence-electron chi connectivity index (χ3n) is 5.36. The van der Waals surface area contributed by atoms with Crippen LogP contribution in [0, 0.1) is 3.57 Å². The molecule has 2 aliphatic rings. The van der Waals surface area contributed by atoms with Gasteiger partial charge in [0.05, 0.1) is 0 Å². The first kappa shape index (κ1) is 12.9. The van der Waals surface area contributed by atoms with Gasteiger partial charge in [-0.1, -0.05) is 54.6 Å². The number of halogens is 1. The van der Waals surface area contributed by atoms with Gasteiger partial charge in [0.15, 0.2) is 0 Å². The standard InChI is InChI=1S/C21H15I/c22-15-9-10-17-16-6-2-4-8-19(16)21(20(17)13-15)12-11-14-5-1-3-7-18(14)21/h1-10,13H,11-12H2. The van der Waals surface area contributed by atoms with Crippen molar-refractivity contribution in [2.24, 2.45) is 0 Å². The minimum atomic E-state index is 0.0731. The molecule has 0 bridgehead atoms. The Morgan fingerprint density at radius 3 is 2.36 bits per heavy atom. The number of fused-ring (bicyclic) bond motifs is 7. The molecule has 0 aliphatic heterocycles. The van der Waals surface area contributed by atoms with E-state index >= 15 is 0 Å². The van der Waals surface area contributed by atoms with E-state index in [4.69, 9.17) is 0 Å². The highest BCUT2D eigenvalue weighted by Crippen LogP contribution is 2.58. The first-order chi connectivity index (χ1) is 10.8. The zero-order valence-corrected chi connectivity index (χ0v) is 14.3. The number of benzene rings is 3. The molecule has 1 spiro atoms. The summed E-state index contributed by atoms with van der Waals surface area (Å²) in [6.45, 7) is 0. The molecule has 0 N–H and O–H groups in total. The summed E-state index contributed by atoms with van der Waals surface area (Å²) in [4.78, 5) is 0. The molecule has 0 nitrogen and oxygen atoms in total. The Balaban J connectivity index is 1.94. The van der Waals surface area contributed by atoms with Crippen molar-refractivity contribution in [1.82, 2.24) is 0 Å². The van der Waals surface area contributed by atoms with Crippen LogP contribution in [0.15, 0.2) is 66.7 Å². The lowest BCUT2D eigenvalue weighted by Gasteiger charge is -2.28. The van der Waals surface area contributed by atoms with Crippen molar-refractivity contribution in [3.63, 3.8) is 0 Å². The summed E-state index contributed by atoms with van der Waals surface area (Å²) in [7, 11) is 0. The van der Waals surface area contributed by atoms with E-state index in [9.17, 15) is 0 Å². The zero-order valence-electron chi connectivity index (χ0n) is 12.1. The molecule has 3 aromatic rings. The van der Waals surface area contributed by atoms with Crippen LogP contribution in [0.2, 0.25) is 0 Å². The normalized spacial score (nSPS) is 20.8. The second-order valence-corrected chi connectivity index (χ2v) is 7.54. The van der Waals surface area contributed by atoms with Crippen LogP contribution in [-0.4, -0.2) is 0 Å². The van der Waals surface area contributed by atoms with E-state index in [-0.39, 0.29) is 5.41 Å². The van der Waals surface area contributed by atoms with Gasteiger partial charge in [-0.05, 0) is 80.9 Å². The monoisotopic (exact) mass is 394 g/mol. The van der Waals surface area contributed by atoms with Crippen LogP contribution in [-0.2, 0) is 11.8 Å². The highest BCUT2D eigenvalue weighted by molar-refractivity contribution is 14.1. The molecule has 0 fully saturated rings. The van der Waals surface area contributed by atoms with E-state index in [0.29, 0.717) is 0 Å². The van der Waals surface area contributed by atoms with E-state index in [0.717, 1.165) is 0 Å². The summed E-state index contributed by atoms with van der Waals surface area (Å²) < 4.78 is 1.33. The minimum Gasteiger partial charge on any atom is -0.0620 e. The van der Waals surface area contributed by atoms with E-state index in [1.54, 1.807) is 0 Å². The Labute approximate surface area is 144 Å². The quantitative estimate of drug-likeness (QED) is 0.439. The summed E-state index contributed by atoms with van der Waals surface area (Å²) in [6, 6.07) is 24.9. The summed E-state index contributed by atoms with van der Waals surface area (Å²) in [6.07, 6.45) is 2.37. The van der Waals surface area contributed by atoms with E-state index in [2.05, 4.69) is 89.3 Å². The van der Waals surface area contributed by atoms with Crippen molar-refractivity contribution in [1.29, 1.82) is 0 Å². The van der Waals surface area contributed by atoms with E-state index in [1.165, 1.54) is 49.8 Å². The van der Waals surface area contributed by atoms with Gasteiger partial charge < -0.3 is 0 Å². The number of hydrogen-bond donors (Lipinski definition) is 0. The third kappa shape index (κ3) is 1.48. The Morgan fingerprint density at radius 1 is 0.727 bits per heavy atom. The highest BCUT2D eigenvalue weighted by atomic mass is 127. The summed E-state index contributed by atoms with van der Waals surface area (Å²) in [5, 5.41) is 0. The molecule has 106 valence electrons. The lowest BCUT2D eigenvalue weighted by atomic mass is 9.73. The maximum atomic E-state index is 2.44. The average Bonchev–Trinajstić information content (AvgIpc) is 3.07. The van der Waals surface area contributed by atoms with E-state index < -0.39 is 0 Å². The van der Waals surface area contributed by atoms with Gasteiger partial charge in [-0.15, -0.1) is 0 Å². The lowest BCUT2D eigenvalue weighted by Crippen LogP contribution is -2.23. The van der Waals surface area contributed by atoms with Crippen molar-refractivity contribution >= 4 is 22.6 Å². The second kappa shape index (κ2) is 4.45. The molecule has 2 aliphatic carbocycles. The van der Waals surface area contributed by atoms with Crippen molar-refractivity contribution in [2.75, 3.05) is 0 Å². The number of aryl methyl sites for hydroxylation is 1. The van der Waals surface area contributed by atoms with Gasteiger partial charge in [0.2, 0.25) is 0 Å². The highest BCUT2D eigenvalue weighted by Gasteiger charge is 2.47. The summed E-state index contributed by atoms with van der Waals surface area (Å²) in [5.74, 6) is 0. The van der Waals surface area contributed by atoms with Crippen molar-refractivity contribution in [3.8, 4) is 11.1 Å². The maximum absolute atomic E-state index is 2.44. The van der Waals surface area contributed by atoms with Gasteiger partial charge in [0, 0.05) is 8.99 Å². The molecule has 0 amide bonds. The first-order valence-corrected chi connectivity index (χ1v) is 8.87. The van der Waals surface area contributed by atoms with Crippen LogP contribution in [0.3, 0.4) is 0 Å². The molecule has 0 aromatic heterocycles. The smallest absolute Gasteiger partial charge is 0.0469 e. The molecule has 1 atom stereocenters. The predicted octanol–water partition coefficient (Wildman–Crippen LogP) is 5.55. The van der Waals surface area contributed by atoms with Crippen LogP contribution in [0.1, 0.15) is 28.7 Å². The Morgan fingerprint density at radius 2 is 1.45 bits per heavy atom. The molecular formula is C21H15I. The predicted molar refractivity (Wildman–Crippen MR) is 99.2 cm³/mol. The van der Waals surface area contributed by atoms with Gasteiger partial charge in [-0.2, -0.15) is 0 Å². The molecule has 0 radical (unpaired) electrons. The zero-order chi connectivity index (χ0) is 14.7. The fourth-order valence-electron chi connectivity index (χ4n) is 4.51. The Kier molecular flexibility index (Phi) is 2.61. The summed E-state index contributed by atoms with van der Waals surface area (Å²) >= 11 is 2.44. The molecule has 0 heterocycles. The van der Waals surface area contributed by atoms with Crippen molar-refractivity contribution in [2.45, 2.75) is 18.3 Å². The fourth-order valence-corrected chi connectivity index (χ4v) is 5.00. The first-order valence-electron chi connectivity index (χ1n) is 7.79. The average molecular weight is 394 g/mol. The topological polar surface area (TPSA) is 0 Å². The van der Waals surface area contributed by atoms with Crippen LogP contribution in [0.5, 0.6) is 0 Å². The molecule has 3 aromatic carbocycles. The lowest BCUT2D eigenvalue weighted by molar-refractivity contribution is 0.625. The van der Waals surface area contributed by atoms with Crippen LogP contribution in [0.25, 0.3) is 11.1 Å². The molecule has 0 saturated heterocycles.